The Morgan fingerprint density at radius 1 is 1.33 bits per heavy atom. The molecule has 0 N–H and O–H groups in total. The molecule has 24 heavy (non-hydrogen) atoms. The number of rotatable bonds is 5. The van der Waals surface area contributed by atoms with Gasteiger partial charge in [-0.05, 0) is 25.8 Å². The summed E-state index contributed by atoms with van der Waals surface area (Å²) in [6.45, 7) is 4.40. The minimum atomic E-state index is 0.0336. The van der Waals surface area contributed by atoms with E-state index >= 15 is 0 Å². The highest BCUT2D eigenvalue weighted by Crippen LogP contribution is 2.31. The molecular weight excluding hydrogens is 306 g/mol. The third kappa shape index (κ3) is 3.31. The van der Waals surface area contributed by atoms with Crippen molar-refractivity contribution in [3.05, 3.63) is 30.4 Å². The van der Waals surface area contributed by atoms with E-state index in [1.165, 1.54) is 0 Å². The molecule has 1 amide bonds. The summed E-state index contributed by atoms with van der Waals surface area (Å²) in [5.41, 5.74) is 2.78. The molecule has 2 aromatic heterocycles. The first kappa shape index (κ1) is 16.6. The van der Waals surface area contributed by atoms with Crippen molar-refractivity contribution in [3.63, 3.8) is 0 Å². The van der Waals surface area contributed by atoms with Crippen molar-refractivity contribution in [2.24, 2.45) is 0 Å². The Balaban J connectivity index is 1.88. The molecule has 1 saturated heterocycles. The molecule has 0 bridgehead atoms. The van der Waals surface area contributed by atoms with E-state index in [0.717, 1.165) is 43.0 Å². The first-order valence-corrected chi connectivity index (χ1v) is 8.34. The van der Waals surface area contributed by atoms with Crippen LogP contribution in [0.3, 0.4) is 0 Å². The molecule has 1 aliphatic rings. The second-order valence-electron chi connectivity index (χ2n) is 5.93. The summed E-state index contributed by atoms with van der Waals surface area (Å²) in [5.74, 6) is 0.217. The molecule has 0 saturated carbocycles. The zero-order valence-corrected chi connectivity index (χ0v) is 14.2. The molecule has 3 heterocycles. The number of aryl methyl sites for hydroxylation is 1. The lowest BCUT2D eigenvalue weighted by Crippen LogP contribution is -2.41. The molecule has 2 aromatic rings. The van der Waals surface area contributed by atoms with Crippen LogP contribution in [0.5, 0.6) is 0 Å². The van der Waals surface area contributed by atoms with E-state index in [-0.39, 0.29) is 18.4 Å². The van der Waals surface area contributed by atoms with Gasteiger partial charge in [-0.1, -0.05) is 0 Å². The lowest BCUT2D eigenvalue weighted by atomic mass is 9.92. The number of ether oxygens (including phenoxy) is 1. The van der Waals surface area contributed by atoms with Gasteiger partial charge in [0.15, 0.2) is 0 Å². The normalized spacial score (nSPS) is 17.9. The number of methoxy groups -OCH3 is 1. The van der Waals surface area contributed by atoms with Gasteiger partial charge in [-0.15, -0.1) is 0 Å². The lowest BCUT2D eigenvalue weighted by Gasteiger charge is -2.32. The molecule has 0 radical (unpaired) electrons. The summed E-state index contributed by atoms with van der Waals surface area (Å²) < 4.78 is 6.90. The summed E-state index contributed by atoms with van der Waals surface area (Å²) in [4.78, 5) is 23.2. The molecule has 1 aliphatic heterocycles. The first-order chi connectivity index (χ1) is 11.7. The minimum absolute atomic E-state index is 0.0336. The van der Waals surface area contributed by atoms with Crippen LogP contribution in [0.15, 0.2) is 24.7 Å². The fourth-order valence-corrected chi connectivity index (χ4v) is 3.27. The summed E-state index contributed by atoms with van der Waals surface area (Å²) in [5, 5.41) is 4.33. The summed E-state index contributed by atoms with van der Waals surface area (Å²) in [6, 6.07) is 1.97. The fraction of sp³-hybridized carbons (Fsp3) is 0.529. The van der Waals surface area contributed by atoms with Crippen molar-refractivity contribution < 1.29 is 9.53 Å². The second-order valence-corrected chi connectivity index (χ2v) is 5.93. The van der Waals surface area contributed by atoms with Crippen LogP contribution in [0.2, 0.25) is 0 Å². The predicted octanol–water partition coefficient (Wildman–Crippen LogP) is 1.71. The zero-order valence-electron chi connectivity index (χ0n) is 14.2. The van der Waals surface area contributed by atoms with Crippen LogP contribution in [0.25, 0.3) is 11.4 Å². The quantitative estimate of drug-likeness (QED) is 0.835. The highest BCUT2D eigenvalue weighted by molar-refractivity contribution is 5.77. The number of aromatic nitrogens is 4. The van der Waals surface area contributed by atoms with Crippen LogP contribution in [0.1, 0.15) is 31.4 Å². The molecule has 1 fully saturated rings. The SMILES string of the molecule is CCn1nccc1-c1nccnc1C1CCCN(C(=O)COC)C1. The highest BCUT2D eigenvalue weighted by Gasteiger charge is 2.28. The maximum absolute atomic E-state index is 12.1. The van der Waals surface area contributed by atoms with Gasteiger partial charge in [0.25, 0.3) is 0 Å². The van der Waals surface area contributed by atoms with E-state index in [1.54, 1.807) is 25.7 Å². The van der Waals surface area contributed by atoms with Crippen molar-refractivity contribution in [2.75, 3.05) is 26.8 Å². The van der Waals surface area contributed by atoms with E-state index in [0.29, 0.717) is 6.54 Å². The maximum atomic E-state index is 12.1. The Labute approximate surface area is 141 Å². The number of piperidine rings is 1. The molecule has 3 rings (SSSR count). The highest BCUT2D eigenvalue weighted by atomic mass is 16.5. The number of carbonyl (C=O) groups excluding carboxylic acids is 1. The molecule has 7 nitrogen and oxygen atoms in total. The van der Waals surface area contributed by atoms with Gasteiger partial charge in [0.1, 0.15) is 12.3 Å². The average Bonchev–Trinajstić information content (AvgIpc) is 3.10. The standard InChI is InChI=1S/C17H23N5O2/c1-3-22-14(6-7-20-22)17-16(18-8-9-19-17)13-5-4-10-21(11-13)15(23)12-24-2/h6-9,13H,3-5,10-12H2,1-2H3. The van der Waals surface area contributed by atoms with Gasteiger partial charge in [-0.25, -0.2) is 0 Å². The third-order valence-electron chi connectivity index (χ3n) is 4.41. The third-order valence-corrected chi connectivity index (χ3v) is 4.41. The molecule has 0 spiro atoms. The largest absolute Gasteiger partial charge is 0.375 e. The van der Waals surface area contributed by atoms with Crippen molar-refractivity contribution >= 4 is 5.91 Å². The molecule has 7 heteroatoms. The number of carbonyl (C=O) groups is 1. The summed E-state index contributed by atoms with van der Waals surface area (Å²) in [6.07, 6.45) is 7.18. The van der Waals surface area contributed by atoms with Gasteiger partial charge < -0.3 is 9.64 Å². The van der Waals surface area contributed by atoms with Gasteiger partial charge in [0, 0.05) is 51.3 Å². The number of likely N-dealkylation sites (tertiary alicyclic amines) is 1. The Morgan fingerprint density at radius 2 is 2.17 bits per heavy atom. The molecule has 0 aliphatic carbocycles. The van der Waals surface area contributed by atoms with Crippen LogP contribution in [0.4, 0.5) is 0 Å². The van der Waals surface area contributed by atoms with E-state index < -0.39 is 0 Å². The van der Waals surface area contributed by atoms with Crippen molar-refractivity contribution in [3.8, 4) is 11.4 Å². The zero-order chi connectivity index (χ0) is 16.9. The Hall–Kier alpha value is -2.28. The maximum Gasteiger partial charge on any atom is 0.248 e. The summed E-state index contributed by atoms with van der Waals surface area (Å²) in [7, 11) is 1.55. The lowest BCUT2D eigenvalue weighted by molar-refractivity contribution is -0.136. The predicted molar refractivity (Wildman–Crippen MR) is 89.4 cm³/mol. The van der Waals surface area contributed by atoms with Crippen molar-refractivity contribution in [1.82, 2.24) is 24.6 Å². The monoisotopic (exact) mass is 329 g/mol. The smallest absolute Gasteiger partial charge is 0.248 e. The van der Waals surface area contributed by atoms with Gasteiger partial charge in [-0.3, -0.25) is 19.4 Å². The number of hydrogen-bond donors (Lipinski definition) is 0. The topological polar surface area (TPSA) is 73.1 Å². The van der Waals surface area contributed by atoms with Gasteiger partial charge in [0.2, 0.25) is 5.91 Å². The van der Waals surface area contributed by atoms with Gasteiger partial charge >= 0.3 is 0 Å². The summed E-state index contributed by atoms with van der Waals surface area (Å²) >= 11 is 0. The van der Waals surface area contributed by atoms with E-state index in [4.69, 9.17) is 4.74 Å². The van der Waals surface area contributed by atoms with Crippen molar-refractivity contribution in [2.45, 2.75) is 32.2 Å². The molecule has 128 valence electrons. The van der Waals surface area contributed by atoms with E-state index in [9.17, 15) is 4.79 Å². The van der Waals surface area contributed by atoms with Crippen LogP contribution < -0.4 is 0 Å². The molecule has 1 atom stereocenters. The van der Waals surface area contributed by atoms with Crippen LogP contribution in [0, 0.1) is 0 Å². The van der Waals surface area contributed by atoms with Crippen LogP contribution in [-0.2, 0) is 16.1 Å². The number of hydrogen-bond acceptors (Lipinski definition) is 5. The molecular formula is C17H23N5O2. The number of nitrogens with zero attached hydrogens (tertiary/aromatic N) is 5. The fourth-order valence-electron chi connectivity index (χ4n) is 3.27. The molecule has 1 unspecified atom stereocenters. The van der Waals surface area contributed by atoms with Crippen LogP contribution in [-0.4, -0.2) is 57.4 Å². The van der Waals surface area contributed by atoms with E-state index in [2.05, 4.69) is 22.0 Å². The Kier molecular flexibility index (Phi) is 5.20. The average molecular weight is 329 g/mol. The Morgan fingerprint density at radius 3 is 2.96 bits per heavy atom. The van der Waals surface area contributed by atoms with Crippen LogP contribution >= 0.6 is 0 Å². The van der Waals surface area contributed by atoms with E-state index in [1.807, 2.05) is 15.6 Å². The number of amides is 1. The minimum Gasteiger partial charge on any atom is -0.375 e. The first-order valence-electron chi connectivity index (χ1n) is 8.34. The van der Waals surface area contributed by atoms with Gasteiger partial charge in [0.05, 0.1) is 11.4 Å². The van der Waals surface area contributed by atoms with Gasteiger partial charge in [-0.2, -0.15) is 5.10 Å². The molecule has 0 aromatic carbocycles. The second kappa shape index (κ2) is 7.53. The Bertz CT molecular complexity index is 700. The van der Waals surface area contributed by atoms with Crippen molar-refractivity contribution in [1.29, 1.82) is 0 Å².